The fraction of sp³-hybridized carbons (Fsp3) is 0.286. The minimum atomic E-state index is -0.268. The van der Waals surface area contributed by atoms with Gasteiger partial charge < -0.3 is 4.90 Å². The van der Waals surface area contributed by atoms with Crippen LogP contribution in [-0.2, 0) is 11.3 Å². The average Bonchev–Trinajstić information content (AvgIpc) is 2.80. The predicted octanol–water partition coefficient (Wildman–Crippen LogP) is 4.14. The van der Waals surface area contributed by atoms with E-state index in [0.717, 1.165) is 17.1 Å². The number of carbonyl (C=O) groups is 1. The van der Waals surface area contributed by atoms with Crippen LogP contribution in [0, 0.1) is 5.82 Å². The lowest BCUT2D eigenvalue weighted by atomic mass is 10.2. The van der Waals surface area contributed by atoms with Gasteiger partial charge in [-0.15, -0.1) is 0 Å². The van der Waals surface area contributed by atoms with Crippen LogP contribution in [0.1, 0.15) is 17.5 Å². The molecule has 0 radical (unpaired) electrons. The summed E-state index contributed by atoms with van der Waals surface area (Å²) in [5, 5.41) is 0.742. The molecule has 0 atom stereocenters. The highest BCUT2D eigenvalue weighted by Crippen LogP contribution is 2.16. The number of rotatable bonds is 5. The molecule has 0 aromatic heterocycles. The van der Waals surface area contributed by atoms with E-state index in [1.807, 2.05) is 36.4 Å². The molecule has 1 aliphatic heterocycles. The van der Waals surface area contributed by atoms with Crippen molar-refractivity contribution in [3.05, 3.63) is 76.6 Å². The summed E-state index contributed by atoms with van der Waals surface area (Å²) in [4.78, 5) is 16.3. The SMILES string of the molecule is O=C1CCN(C/C(Cl)=C/c2ccccc2)CCN1Cc1ccccc1F. The normalized spacial score (nSPS) is 16.6. The second kappa shape index (κ2) is 8.97. The summed E-state index contributed by atoms with van der Waals surface area (Å²) in [7, 11) is 0. The highest BCUT2D eigenvalue weighted by Gasteiger charge is 2.22. The van der Waals surface area contributed by atoms with Crippen molar-refractivity contribution in [2.75, 3.05) is 26.2 Å². The smallest absolute Gasteiger partial charge is 0.224 e. The van der Waals surface area contributed by atoms with E-state index in [4.69, 9.17) is 11.6 Å². The largest absolute Gasteiger partial charge is 0.337 e. The zero-order valence-corrected chi connectivity index (χ0v) is 15.3. The van der Waals surface area contributed by atoms with Crippen LogP contribution in [0.2, 0.25) is 0 Å². The molecule has 0 bridgehead atoms. The van der Waals surface area contributed by atoms with Crippen LogP contribution >= 0.6 is 11.6 Å². The van der Waals surface area contributed by atoms with Crippen LogP contribution in [0.15, 0.2) is 59.6 Å². The Labute approximate surface area is 158 Å². The first-order chi connectivity index (χ1) is 12.6. The van der Waals surface area contributed by atoms with Crippen molar-refractivity contribution in [2.45, 2.75) is 13.0 Å². The molecule has 1 saturated heterocycles. The molecule has 0 N–H and O–H groups in total. The van der Waals surface area contributed by atoms with Gasteiger partial charge in [0.2, 0.25) is 5.91 Å². The lowest BCUT2D eigenvalue weighted by molar-refractivity contribution is -0.131. The maximum atomic E-state index is 13.9. The Hall–Kier alpha value is -2.17. The first-order valence-electron chi connectivity index (χ1n) is 8.76. The minimum Gasteiger partial charge on any atom is -0.337 e. The molecule has 2 aromatic rings. The van der Waals surface area contributed by atoms with Crippen molar-refractivity contribution in [1.29, 1.82) is 0 Å². The highest BCUT2D eigenvalue weighted by atomic mass is 35.5. The van der Waals surface area contributed by atoms with E-state index in [1.165, 1.54) is 6.07 Å². The molecule has 1 aliphatic rings. The third kappa shape index (κ3) is 5.16. The molecule has 1 fully saturated rings. The summed E-state index contributed by atoms with van der Waals surface area (Å²) >= 11 is 6.40. The lowest BCUT2D eigenvalue weighted by Crippen LogP contribution is -2.33. The van der Waals surface area contributed by atoms with Gasteiger partial charge in [0.25, 0.3) is 0 Å². The molecule has 5 heteroatoms. The van der Waals surface area contributed by atoms with Gasteiger partial charge in [0.1, 0.15) is 5.82 Å². The highest BCUT2D eigenvalue weighted by molar-refractivity contribution is 6.31. The Morgan fingerprint density at radius 3 is 2.54 bits per heavy atom. The van der Waals surface area contributed by atoms with Gasteiger partial charge in [-0.05, 0) is 17.7 Å². The molecule has 26 heavy (non-hydrogen) atoms. The number of carbonyl (C=O) groups excluding carboxylic acids is 1. The fourth-order valence-corrected chi connectivity index (χ4v) is 3.35. The fourth-order valence-electron chi connectivity index (χ4n) is 3.06. The molecule has 3 nitrogen and oxygen atoms in total. The number of hydrogen-bond donors (Lipinski definition) is 0. The quantitative estimate of drug-likeness (QED) is 0.787. The summed E-state index contributed by atoms with van der Waals surface area (Å²) in [6, 6.07) is 16.5. The van der Waals surface area contributed by atoms with Gasteiger partial charge in [-0.3, -0.25) is 9.69 Å². The van der Waals surface area contributed by atoms with E-state index in [-0.39, 0.29) is 11.7 Å². The monoisotopic (exact) mass is 372 g/mol. The van der Waals surface area contributed by atoms with Crippen molar-refractivity contribution >= 4 is 23.6 Å². The van der Waals surface area contributed by atoms with Crippen LogP contribution in [-0.4, -0.2) is 41.9 Å². The second-order valence-corrected chi connectivity index (χ2v) is 6.92. The second-order valence-electron chi connectivity index (χ2n) is 6.43. The topological polar surface area (TPSA) is 23.6 Å². The molecule has 2 aromatic carbocycles. The maximum Gasteiger partial charge on any atom is 0.224 e. The Morgan fingerprint density at radius 2 is 1.77 bits per heavy atom. The first-order valence-corrected chi connectivity index (χ1v) is 9.14. The molecule has 0 aliphatic carbocycles. The van der Waals surface area contributed by atoms with Crippen molar-refractivity contribution in [3.63, 3.8) is 0 Å². The molecule has 1 heterocycles. The zero-order valence-electron chi connectivity index (χ0n) is 14.6. The third-order valence-electron chi connectivity index (χ3n) is 4.50. The number of hydrogen-bond acceptors (Lipinski definition) is 2. The molecule has 1 amide bonds. The minimum absolute atomic E-state index is 0.0546. The van der Waals surface area contributed by atoms with E-state index in [9.17, 15) is 9.18 Å². The van der Waals surface area contributed by atoms with Crippen molar-refractivity contribution < 1.29 is 9.18 Å². The zero-order chi connectivity index (χ0) is 18.4. The Morgan fingerprint density at radius 1 is 1.04 bits per heavy atom. The van der Waals surface area contributed by atoms with Gasteiger partial charge >= 0.3 is 0 Å². The van der Waals surface area contributed by atoms with Gasteiger partial charge in [-0.2, -0.15) is 0 Å². The summed E-state index contributed by atoms with van der Waals surface area (Å²) in [6.07, 6.45) is 2.37. The van der Waals surface area contributed by atoms with Crippen molar-refractivity contribution in [1.82, 2.24) is 9.80 Å². The number of benzene rings is 2. The van der Waals surface area contributed by atoms with E-state index in [1.54, 1.807) is 23.1 Å². The van der Waals surface area contributed by atoms with Crippen LogP contribution in [0.4, 0.5) is 4.39 Å². The van der Waals surface area contributed by atoms with Gasteiger partial charge in [0.05, 0.1) is 0 Å². The summed E-state index contributed by atoms with van der Waals surface area (Å²) in [5.41, 5.74) is 1.61. The van der Waals surface area contributed by atoms with Crippen molar-refractivity contribution in [2.24, 2.45) is 0 Å². The summed E-state index contributed by atoms with van der Waals surface area (Å²) in [5.74, 6) is -0.214. The summed E-state index contributed by atoms with van der Waals surface area (Å²) < 4.78 is 13.9. The Balaban J connectivity index is 1.59. The van der Waals surface area contributed by atoms with Crippen LogP contribution < -0.4 is 0 Å². The van der Waals surface area contributed by atoms with E-state index < -0.39 is 0 Å². The van der Waals surface area contributed by atoms with Crippen LogP contribution in [0.3, 0.4) is 0 Å². The van der Waals surface area contributed by atoms with Gasteiger partial charge in [0.15, 0.2) is 0 Å². The molecule has 0 unspecified atom stereocenters. The number of nitrogens with zero attached hydrogens (tertiary/aromatic N) is 2. The van der Waals surface area contributed by atoms with Crippen LogP contribution in [0.25, 0.3) is 6.08 Å². The Kier molecular flexibility index (Phi) is 6.42. The molecule has 136 valence electrons. The molecular weight excluding hydrogens is 351 g/mol. The molecule has 3 rings (SSSR count). The van der Waals surface area contributed by atoms with E-state index in [0.29, 0.717) is 38.2 Å². The van der Waals surface area contributed by atoms with Crippen LogP contribution in [0.5, 0.6) is 0 Å². The number of halogens is 2. The average molecular weight is 373 g/mol. The Bertz CT molecular complexity index is 779. The maximum absolute atomic E-state index is 13.9. The van der Waals surface area contributed by atoms with Gasteiger partial charge in [-0.1, -0.05) is 60.1 Å². The van der Waals surface area contributed by atoms with Crippen molar-refractivity contribution in [3.8, 4) is 0 Å². The number of amides is 1. The van der Waals surface area contributed by atoms with E-state index in [2.05, 4.69) is 4.90 Å². The lowest BCUT2D eigenvalue weighted by Gasteiger charge is -2.22. The standard InChI is InChI=1S/C21H22ClFN2O/c22-19(14-17-6-2-1-3-7-17)16-24-11-10-21(26)25(13-12-24)15-18-8-4-5-9-20(18)23/h1-9,14H,10-13,15-16H2/b19-14-. The predicted molar refractivity (Wildman–Crippen MR) is 103 cm³/mol. The summed E-state index contributed by atoms with van der Waals surface area (Å²) in [6.45, 7) is 2.87. The van der Waals surface area contributed by atoms with Gasteiger partial charge in [0, 0.05) is 49.7 Å². The molecule has 0 saturated carbocycles. The molecule has 0 spiro atoms. The van der Waals surface area contributed by atoms with Gasteiger partial charge in [-0.25, -0.2) is 4.39 Å². The van der Waals surface area contributed by atoms with E-state index >= 15 is 0 Å². The third-order valence-corrected chi connectivity index (χ3v) is 4.73. The first kappa shape index (κ1) is 18.6. The molecular formula is C21H22ClFN2O.